The number of likely N-dealkylation sites (N-methyl/N-ethyl adjacent to an activating group) is 1. The van der Waals surface area contributed by atoms with Gasteiger partial charge in [0.1, 0.15) is 0 Å². The molecule has 2 rings (SSSR count). The summed E-state index contributed by atoms with van der Waals surface area (Å²) in [6.45, 7) is 5.88. The Morgan fingerprint density at radius 2 is 1.69 bits per heavy atom. The van der Waals surface area contributed by atoms with Crippen molar-refractivity contribution < 1.29 is 14.7 Å². The van der Waals surface area contributed by atoms with E-state index in [9.17, 15) is 9.59 Å². The van der Waals surface area contributed by atoms with Crippen LogP contribution < -0.4 is 0 Å². The summed E-state index contributed by atoms with van der Waals surface area (Å²) in [5.41, 5.74) is 2.37. The molecule has 1 saturated heterocycles. The Morgan fingerprint density at radius 3 is 2.19 bits per heavy atom. The van der Waals surface area contributed by atoms with E-state index in [1.807, 2.05) is 16.8 Å². The van der Waals surface area contributed by atoms with E-state index in [0.717, 1.165) is 24.8 Å². The highest BCUT2D eigenvalue weighted by Gasteiger charge is 2.25. The second-order valence-electron chi connectivity index (χ2n) is 7.51. The van der Waals surface area contributed by atoms with E-state index in [0.29, 0.717) is 25.4 Å². The number of amides is 1. The van der Waals surface area contributed by atoms with Crippen molar-refractivity contribution in [2.75, 3.05) is 26.7 Å². The number of rotatable bonds is 7. The molecule has 1 aliphatic rings. The molecule has 0 aliphatic carbocycles. The number of carbonyl (C=O) groups is 2. The van der Waals surface area contributed by atoms with Gasteiger partial charge in [0.25, 0.3) is 0 Å². The van der Waals surface area contributed by atoms with Gasteiger partial charge >= 0.3 is 5.97 Å². The first-order valence-electron chi connectivity index (χ1n) is 9.12. The lowest BCUT2D eigenvalue weighted by atomic mass is 10.00. The van der Waals surface area contributed by atoms with E-state index in [2.05, 4.69) is 38.1 Å². The fraction of sp³-hybridized carbons (Fsp3) is 0.600. The summed E-state index contributed by atoms with van der Waals surface area (Å²) in [6.07, 6.45) is 3.18. The number of likely N-dealkylation sites (tertiary alicyclic amines) is 1. The number of carbonyl (C=O) groups excluding carboxylic acids is 1. The first kappa shape index (κ1) is 22.5. The lowest BCUT2D eigenvalue weighted by Crippen LogP contribution is -2.47. The van der Waals surface area contributed by atoms with Crippen molar-refractivity contribution in [3.8, 4) is 0 Å². The zero-order valence-corrected chi connectivity index (χ0v) is 16.8. The van der Waals surface area contributed by atoms with Crippen LogP contribution in [-0.2, 0) is 22.4 Å². The fourth-order valence-corrected chi connectivity index (χ4v) is 3.45. The van der Waals surface area contributed by atoms with Crippen LogP contribution in [0.1, 0.15) is 37.8 Å². The zero-order valence-electron chi connectivity index (χ0n) is 16.0. The minimum absolute atomic E-state index is 0. The molecule has 1 heterocycles. The molecule has 1 aromatic carbocycles. The number of piperidine rings is 1. The highest BCUT2D eigenvalue weighted by Crippen LogP contribution is 2.17. The van der Waals surface area contributed by atoms with Crippen molar-refractivity contribution in [2.24, 2.45) is 5.92 Å². The van der Waals surface area contributed by atoms with Gasteiger partial charge in [-0.15, -0.1) is 12.4 Å². The number of nitrogens with zero attached hydrogens (tertiary/aromatic N) is 2. The van der Waals surface area contributed by atoms with Crippen molar-refractivity contribution in [2.45, 2.75) is 45.6 Å². The van der Waals surface area contributed by atoms with Crippen LogP contribution in [0.15, 0.2) is 24.3 Å². The van der Waals surface area contributed by atoms with Crippen LogP contribution in [0, 0.1) is 5.92 Å². The van der Waals surface area contributed by atoms with Crippen molar-refractivity contribution >= 4 is 24.3 Å². The van der Waals surface area contributed by atoms with Gasteiger partial charge in [-0.05, 0) is 43.4 Å². The number of hydrogen-bond donors (Lipinski definition) is 1. The first-order chi connectivity index (χ1) is 11.8. The number of carboxylic acid groups (broad SMARTS) is 1. The van der Waals surface area contributed by atoms with Crippen LogP contribution >= 0.6 is 12.4 Å². The number of halogens is 1. The van der Waals surface area contributed by atoms with Crippen LogP contribution in [0.4, 0.5) is 0 Å². The molecule has 6 heteroatoms. The minimum Gasteiger partial charge on any atom is -0.480 e. The number of aliphatic carboxylic acids is 1. The molecule has 1 aliphatic heterocycles. The molecule has 0 atom stereocenters. The minimum atomic E-state index is -0.804. The van der Waals surface area contributed by atoms with E-state index in [1.165, 1.54) is 5.56 Å². The van der Waals surface area contributed by atoms with Gasteiger partial charge in [0.15, 0.2) is 0 Å². The van der Waals surface area contributed by atoms with Gasteiger partial charge in [-0.2, -0.15) is 0 Å². The third-order valence-electron chi connectivity index (χ3n) is 4.85. The Morgan fingerprint density at radius 1 is 1.15 bits per heavy atom. The van der Waals surface area contributed by atoms with Gasteiger partial charge in [0.05, 0.1) is 13.0 Å². The van der Waals surface area contributed by atoms with E-state index in [4.69, 9.17) is 5.11 Å². The summed E-state index contributed by atoms with van der Waals surface area (Å²) in [6, 6.07) is 8.60. The van der Waals surface area contributed by atoms with Crippen LogP contribution in [-0.4, -0.2) is 59.5 Å². The molecule has 1 fully saturated rings. The molecule has 5 nitrogen and oxygen atoms in total. The van der Waals surface area contributed by atoms with Gasteiger partial charge < -0.3 is 10.0 Å². The smallest absolute Gasteiger partial charge is 0.317 e. The summed E-state index contributed by atoms with van der Waals surface area (Å²) in [4.78, 5) is 27.1. The Kier molecular flexibility index (Phi) is 9.09. The standard InChI is InChI=1S/C20H30N2O3.ClH/c1-15(2)12-16-4-6-17(7-5-16)13-19(23)22-10-8-18(9-11-22)21(3)14-20(24)25;/h4-7,15,18H,8-14H2,1-3H3,(H,24,25);1H. The molecule has 0 saturated carbocycles. The quantitative estimate of drug-likeness (QED) is 0.787. The summed E-state index contributed by atoms with van der Waals surface area (Å²) < 4.78 is 0. The molecule has 26 heavy (non-hydrogen) atoms. The maximum Gasteiger partial charge on any atom is 0.317 e. The molecule has 1 amide bonds. The summed E-state index contributed by atoms with van der Waals surface area (Å²) in [5, 5.41) is 8.88. The van der Waals surface area contributed by atoms with E-state index >= 15 is 0 Å². The molecular formula is C20H31ClN2O3. The first-order valence-corrected chi connectivity index (χ1v) is 9.12. The van der Waals surface area contributed by atoms with Gasteiger partial charge in [-0.25, -0.2) is 0 Å². The molecule has 0 unspecified atom stereocenters. The van der Waals surface area contributed by atoms with Crippen molar-refractivity contribution in [1.29, 1.82) is 0 Å². The third kappa shape index (κ3) is 6.96. The van der Waals surface area contributed by atoms with Crippen LogP contribution in [0.3, 0.4) is 0 Å². The van der Waals surface area contributed by atoms with E-state index < -0.39 is 5.97 Å². The summed E-state index contributed by atoms with van der Waals surface area (Å²) >= 11 is 0. The Balaban J connectivity index is 0.00000338. The van der Waals surface area contributed by atoms with Crippen LogP contribution in [0.5, 0.6) is 0 Å². The van der Waals surface area contributed by atoms with Gasteiger partial charge in [-0.1, -0.05) is 38.1 Å². The summed E-state index contributed by atoms with van der Waals surface area (Å²) in [7, 11) is 1.84. The average Bonchev–Trinajstić information content (AvgIpc) is 2.55. The highest BCUT2D eigenvalue weighted by atomic mass is 35.5. The van der Waals surface area contributed by atoms with Gasteiger partial charge in [0.2, 0.25) is 5.91 Å². The van der Waals surface area contributed by atoms with Crippen molar-refractivity contribution in [3.05, 3.63) is 35.4 Å². The molecule has 0 spiro atoms. The average molecular weight is 383 g/mol. The van der Waals surface area contributed by atoms with Crippen molar-refractivity contribution in [1.82, 2.24) is 9.80 Å². The number of benzene rings is 1. The van der Waals surface area contributed by atoms with Crippen LogP contribution in [0.2, 0.25) is 0 Å². The predicted molar refractivity (Wildman–Crippen MR) is 106 cm³/mol. The fourth-order valence-electron chi connectivity index (χ4n) is 3.45. The van der Waals surface area contributed by atoms with Gasteiger partial charge in [0, 0.05) is 19.1 Å². The monoisotopic (exact) mass is 382 g/mol. The molecule has 1 aromatic rings. The Bertz CT molecular complexity index is 581. The summed E-state index contributed by atoms with van der Waals surface area (Å²) in [5.74, 6) is -0.00842. The second kappa shape index (κ2) is 10.5. The number of hydrogen-bond acceptors (Lipinski definition) is 3. The molecule has 1 N–H and O–H groups in total. The Labute approximate surface area is 162 Å². The molecule has 146 valence electrons. The predicted octanol–water partition coefficient (Wildman–Crippen LogP) is 2.86. The zero-order chi connectivity index (χ0) is 18.4. The number of carboxylic acids is 1. The molecular weight excluding hydrogens is 352 g/mol. The molecule has 0 radical (unpaired) electrons. The van der Waals surface area contributed by atoms with E-state index in [-0.39, 0.29) is 30.9 Å². The maximum atomic E-state index is 12.5. The van der Waals surface area contributed by atoms with Gasteiger partial charge in [-0.3, -0.25) is 14.5 Å². The van der Waals surface area contributed by atoms with Crippen molar-refractivity contribution in [3.63, 3.8) is 0 Å². The Hall–Kier alpha value is -1.59. The highest BCUT2D eigenvalue weighted by molar-refractivity contribution is 5.85. The van der Waals surface area contributed by atoms with E-state index in [1.54, 1.807) is 0 Å². The molecule has 0 aromatic heterocycles. The lowest BCUT2D eigenvalue weighted by Gasteiger charge is -2.36. The largest absolute Gasteiger partial charge is 0.480 e. The maximum absolute atomic E-state index is 12.5. The SMILES string of the molecule is CC(C)Cc1ccc(CC(=O)N2CCC(N(C)CC(=O)O)CC2)cc1.Cl. The molecule has 0 bridgehead atoms. The normalized spacial score (nSPS) is 15.2. The third-order valence-corrected chi connectivity index (χ3v) is 4.85. The second-order valence-corrected chi connectivity index (χ2v) is 7.51. The topological polar surface area (TPSA) is 60.9 Å². The van der Waals surface area contributed by atoms with Crippen LogP contribution in [0.25, 0.3) is 0 Å². The lowest BCUT2D eigenvalue weighted by molar-refractivity contribution is -0.139.